The van der Waals surface area contributed by atoms with E-state index in [1.54, 1.807) is 19.2 Å². The molecule has 0 saturated heterocycles. The Balaban J connectivity index is 0.00000841. The molecule has 0 unspecified atom stereocenters. The van der Waals surface area contributed by atoms with Gasteiger partial charge in [0, 0.05) is 38.8 Å². The third kappa shape index (κ3) is 10.6. The Morgan fingerprint density at radius 1 is 1.07 bits per heavy atom. The summed E-state index contributed by atoms with van der Waals surface area (Å²) in [7, 11) is 3.15. The molecule has 0 aromatic heterocycles. The standard InChI is InChI=1S/C21H36F2N4O2.HI/c1-15(2)27(16(3)4)13-7-11-25-21(24-5)26-12-10-17-8-9-18(28-6)19(14-17)29-20(22)23;/h8-9,14-16,20H,7,10-13H2,1-6H3,(H2,24,25,26);1H. The third-order valence-electron chi connectivity index (χ3n) is 4.59. The number of nitrogens with zero attached hydrogens (tertiary/aromatic N) is 2. The number of rotatable bonds is 12. The highest BCUT2D eigenvalue weighted by atomic mass is 127. The number of nitrogens with one attached hydrogen (secondary N) is 2. The molecule has 0 amide bonds. The predicted octanol–water partition coefficient (Wildman–Crippen LogP) is 4.13. The minimum Gasteiger partial charge on any atom is -0.493 e. The van der Waals surface area contributed by atoms with E-state index in [0.29, 0.717) is 25.0 Å². The molecule has 6 nitrogen and oxygen atoms in total. The number of guanidine groups is 1. The molecule has 0 heterocycles. The van der Waals surface area contributed by atoms with Crippen LogP contribution < -0.4 is 20.1 Å². The van der Waals surface area contributed by atoms with Crippen LogP contribution in [0.1, 0.15) is 39.7 Å². The van der Waals surface area contributed by atoms with Gasteiger partial charge in [0.2, 0.25) is 0 Å². The maximum atomic E-state index is 12.5. The molecule has 1 rings (SSSR count). The Hall–Kier alpha value is -1.36. The Labute approximate surface area is 196 Å². The van der Waals surface area contributed by atoms with Gasteiger partial charge < -0.3 is 20.1 Å². The van der Waals surface area contributed by atoms with Crippen LogP contribution in [0.5, 0.6) is 11.5 Å². The van der Waals surface area contributed by atoms with E-state index in [9.17, 15) is 8.78 Å². The fraction of sp³-hybridized carbons (Fsp3) is 0.667. The number of hydrogen-bond donors (Lipinski definition) is 2. The molecule has 0 bridgehead atoms. The molecule has 0 saturated carbocycles. The zero-order valence-electron chi connectivity index (χ0n) is 18.9. The normalized spacial score (nSPS) is 11.8. The summed E-state index contributed by atoms with van der Waals surface area (Å²) >= 11 is 0. The summed E-state index contributed by atoms with van der Waals surface area (Å²) in [5, 5.41) is 6.56. The minimum atomic E-state index is -2.89. The number of alkyl halides is 2. The van der Waals surface area contributed by atoms with Crippen LogP contribution >= 0.6 is 24.0 Å². The Bertz CT molecular complexity index is 623. The van der Waals surface area contributed by atoms with Crippen molar-refractivity contribution in [2.24, 2.45) is 4.99 Å². The van der Waals surface area contributed by atoms with Gasteiger partial charge in [0.25, 0.3) is 0 Å². The molecule has 174 valence electrons. The molecular formula is C21H37F2IN4O2. The summed E-state index contributed by atoms with van der Waals surface area (Å²) in [6.07, 6.45) is 1.66. The van der Waals surface area contributed by atoms with Gasteiger partial charge in [-0.25, -0.2) is 0 Å². The molecule has 0 atom stereocenters. The van der Waals surface area contributed by atoms with Crippen LogP contribution in [0.15, 0.2) is 23.2 Å². The second kappa shape index (κ2) is 15.4. The van der Waals surface area contributed by atoms with Crippen molar-refractivity contribution in [3.8, 4) is 11.5 Å². The van der Waals surface area contributed by atoms with E-state index in [4.69, 9.17) is 4.74 Å². The van der Waals surface area contributed by atoms with E-state index in [1.807, 2.05) is 6.07 Å². The number of hydrogen-bond acceptors (Lipinski definition) is 4. The lowest BCUT2D eigenvalue weighted by Gasteiger charge is -2.30. The van der Waals surface area contributed by atoms with Gasteiger partial charge in [-0.1, -0.05) is 6.07 Å². The van der Waals surface area contributed by atoms with Crippen LogP contribution in [0.2, 0.25) is 0 Å². The molecule has 9 heteroatoms. The number of ether oxygens (including phenoxy) is 2. The molecule has 0 radical (unpaired) electrons. The van der Waals surface area contributed by atoms with Crippen LogP contribution in [0, 0.1) is 0 Å². The molecule has 0 aliphatic rings. The topological polar surface area (TPSA) is 58.1 Å². The molecule has 0 fully saturated rings. The summed E-state index contributed by atoms with van der Waals surface area (Å²) in [6.45, 7) is 8.43. The summed E-state index contributed by atoms with van der Waals surface area (Å²) in [6, 6.07) is 6.10. The van der Waals surface area contributed by atoms with E-state index in [0.717, 1.165) is 31.0 Å². The first-order valence-corrected chi connectivity index (χ1v) is 10.1. The van der Waals surface area contributed by atoms with Crippen LogP contribution in [-0.4, -0.2) is 63.3 Å². The maximum Gasteiger partial charge on any atom is 0.387 e. The highest BCUT2D eigenvalue weighted by Crippen LogP contribution is 2.29. The SMILES string of the molecule is CN=C(NCCCN(C(C)C)C(C)C)NCCc1ccc(OC)c(OC(F)F)c1.I. The number of methoxy groups -OCH3 is 1. The lowest BCUT2D eigenvalue weighted by atomic mass is 10.1. The molecule has 1 aromatic rings. The third-order valence-corrected chi connectivity index (χ3v) is 4.59. The van der Waals surface area contributed by atoms with Crippen molar-refractivity contribution in [1.29, 1.82) is 0 Å². The largest absolute Gasteiger partial charge is 0.493 e. The quantitative estimate of drug-likeness (QED) is 0.180. The fourth-order valence-electron chi connectivity index (χ4n) is 3.19. The predicted molar refractivity (Wildman–Crippen MR) is 130 cm³/mol. The second-order valence-corrected chi connectivity index (χ2v) is 7.32. The van der Waals surface area contributed by atoms with E-state index >= 15 is 0 Å². The molecule has 30 heavy (non-hydrogen) atoms. The van der Waals surface area contributed by atoms with Crippen LogP contribution in [0.25, 0.3) is 0 Å². The van der Waals surface area contributed by atoms with E-state index in [-0.39, 0.29) is 35.5 Å². The maximum absolute atomic E-state index is 12.5. The number of benzene rings is 1. The van der Waals surface area contributed by atoms with Gasteiger partial charge in [-0.3, -0.25) is 9.89 Å². The minimum absolute atomic E-state index is 0. The van der Waals surface area contributed by atoms with Gasteiger partial charge in [-0.15, -0.1) is 24.0 Å². The summed E-state index contributed by atoms with van der Waals surface area (Å²) in [5.41, 5.74) is 0.869. The Morgan fingerprint density at radius 3 is 2.23 bits per heavy atom. The highest BCUT2D eigenvalue weighted by Gasteiger charge is 2.13. The van der Waals surface area contributed by atoms with Crippen LogP contribution in [0.4, 0.5) is 8.78 Å². The molecule has 2 N–H and O–H groups in total. The average molecular weight is 542 g/mol. The highest BCUT2D eigenvalue weighted by molar-refractivity contribution is 14.0. The molecular weight excluding hydrogens is 505 g/mol. The van der Waals surface area contributed by atoms with E-state index < -0.39 is 6.61 Å². The van der Waals surface area contributed by atoms with Crippen molar-refractivity contribution in [3.05, 3.63) is 23.8 Å². The summed E-state index contributed by atoms with van der Waals surface area (Å²) in [5.74, 6) is 1.06. The second-order valence-electron chi connectivity index (χ2n) is 7.32. The Kier molecular flexibility index (Phi) is 14.7. The van der Waals surface area contributed by atoms with Crippen LogP contribution in [-0.2, 0) is 6.42 Å². The fourth-order valence-corrected chi connectivity index (χ4v) is 3.19. The van der Waals surface area contributed by atoms with Crippen molar-refractivity contribution >= 4 is 29.9 Å². The van der Waals surface area contributed by atoms with E-state index in [1.165, 1.54) is 7.11 Å². The number of halogens is 3. The zero-order chi connectivity index (χ0) is 21.8. The smallest absolute Gasteiger partial charge is 0.387 e. The first kappa shape index (κ1) is 28.6. The molecule has 0 aliphatic heterocycles. The first-order chi connectivity index (χ1) is 13.8. The first-order valence-electron chi connectivity index (χ1n) is 10.1. The van der Waals surface area contributed by atoms with E-state index in [2.05, 4.69) is 53.0 Å². The van der Waals surface area contributed by atoms with Crippen molar-refractivity contribution in [2.45, 2.75) is 59.2 Å². The average Bonchev–Trinajstić information content (AvgIpc) is 2.65. The molecule has 0 spiro atoms. The van der Waals surface area contributed by atoms with Gasteiger partial charge in [0.05, 0.1) is 7.11 Å². The van der Waals surface area contributed by atoms with Gasteiger partial charge >= 0.3 is 6.61 Å². The Morgan fingerprint density at radius 2 is 1.70 bits per heavy atom. The lowest BCUT2D eigenvalue weighted by Crippen LogP contribution is -2.41. The van der Waals surface area contributed by atoms with Gasteiger partial charge in [-0.05, 0) is 58.2 Å². The lowest BCUT2D eigenvalue weighted by molar-refractivity contribution is -0.0512. The molecule has 1 aromatic carbocycles. The van der Waals surface area contributed by atoms with Crippen molar-refractivity contribution < 1.29 is 18.3 Å². The monoisotopic (exact) mass is 542 g/mol. The van der Waals surface area contributed by atoms with Crippen molar-refractivity contribution in [3.63, 3.8) is 0 Å². The van der Waals surface area contributed by atoms with Crippen LogP contribution in [0.3, 0.4) is 0 Å². The number of aliphatic imine (C=N–C) groups is 1. The van der Waals surface area contributed by atoms with Crippen molar-refractivity contribution in [1.82, 2.24) is 15.5 Å². The summed E-state index contributed by atoms with van der Waals surface area (Å²) < 4.78 is 34.7. The molecule has 0 aliphatic carbocycles. The van der Waals surface area contributed by atoms with Gasteiger partial charge in [0.1, 0.15) is 0 Å². The van der Waals surface area contributed by atoms with Crippen molar-refractivity contribution in [2.75, 3.05) is 33.8 Å². The van der Waals surface area contributed by atoms with Gasteiger partial charge in [0.15, 0.2) is 17.5 Å². The zero-order valence-corrected chi connectivity index (χ0v) is 21.2. The summed E-state index contributed by atoms with van der Waals surface area (Å²) in [4.78, 5) is 6.69. The van der Waals surface area contributed by atoms with Gasteiger partial charge in [-0.2, -0.15) is 8.78 Å².